The van der Waals surface area contributed by atoms with Crippen LogP contribution in [0.1, 0.15) is 28.7 Å². The number of amides is 2. The molecule has 0 bridgehead atoms. The molecular formula is C22H22F3N3O3. The third-order valence-electron chi connectivity index (χ3n) is 4.90. The van der Waals surface area contributed by atoms with E-state index in [1.165, 1.54) is 24.1 Å². The third kappa shape index (κ3) is 5.62. The summed E-state index contributed by atoms with van der Waals surface area (Å²) in [5.74, 6) is -0.896. The van der Waals surface area contributed by atoms with Gasteiger partial charge >= 0.3 is 6.18 Å². The molecule has 0 spiro atoms. The third-order valence-corrected chi connectivity index (χ3v) is 4.90. The van der Waals surface area contributed by atoms with Crippen LogP contribution in [0.15, 0.2) is 53.7 Å². The minimum atomic E-state index is -4.45. The van der Waals surface area contributed by atoms with Crippen molar-refractivity contribution < 1.29 is 27.6 Å². The average molecular weight is 433 g/mol. The molecule has 0 fully saturated rings. The predicted octanol–water partition coefficient (Wildman–Crippen LogP) is 3.28. The van der Waals surface area contributed by atoms with Gasteiger partial charge in [0.15, 0.2) is 0 Å². The van der Waals surface area contributed by atoms with Crippen LogP contribution in [0.5, 0.6) is 0 Å². The Kier molecular flexibility index (Phi) is 6.62. The van der Waals surface area contributed by atoms with Gasteiger partial charge in [0.05, 0.1) is 17.8 Å². The van der Waals surface area contributed by atoms with Crippen molar-refractivity contribution in [2.24, 2.45) is 5.16 Å². The Bertz CT molecular complexity index is 1000. The number of aryl methyl sites for hydroxylation is 1. The standard InChI is InChI=1S/C22H22F3N3O3/c1-14-6-3-4-9-17(14)18-11-19(31-27-18)21(30)28(2)13-20(29)26-12-15-7-5-8-16(10-15)22(23,24)25/h3-10,19H,11-13H2,1-2H3,(H,26,29)/t19-/m1/s1. The lowest BCUT2D eigenvalue weighted by molar-refractivity contribution is -0.143. The Hall–Kier alpha value is -3.36. The van der Waals surface area contributed by atoms with Crippen LogP contribution in [0.3, 0.4) is 0 Å². The number of benzene rings is 2. The van der Waals surface area contributed by atoms with Crippen molar-refractivity contribution in [3.05, 3.63) is 70.8 Å². The second-order valence-corrected chi connectivity index (χ2v) is 7.32. The number of carbonyl (C=O) groups is 2. The largest absolute Gasteiger partial charge is 0.416 e. The number of oxime groups is 1. The highest BCUT2D eigenvalue weighted by atomic mass is 19.4. The molecule has 1 N–H and O–H groups in total. The van der Waals surface area contributed by atoms with E-state index in [-0.39, 0.29) is 13.1 Å². The Balaban J connectivity index is 1.50. The van der Waals surface area contributed by atoms with Crippen LogP contribution in [0.4, 0.5) is 13.2 Å². The highest BCUT2D eigenvalue weighted by molar-refractivity contribution is 6.05. The fraction of sp³-hybridized carbons (Fsp3) is 0.318. The topological polar surface area (TPSA) is 71.0 Å². The molecule has 0 saturated carbocycles. The van der Waals surface area contributed by atoms with E-state index in [0.29, 0.717) is 17.7 Å². The van der Waals surface area contributed by atoms with Crippen molar-refractivity contribution in [1.29, 1.82) is 0 Å². The fourth-order valence-electron chi connectivity index (χ4n) is 3.22. The zero-order valence-electron chi connectivity index (χ0n) is 17.1. The zero-order valence-corrected chi connectivity index (χ0v) is 17.1. The van der Waals surface area contributed by atoms with E-state index in [0.717, 1.165) is 23.3 Å². The molecule has 1 heterocycles. The summed E-state index contributed by atoms with van der Waals surface area (Å²) in [5.41, 5.74) is 2.11. The zero-order chi connectivity index (χ0) is 22.6. The Morgan fingerprint density at radius 2 is 1.94 bits per heavy atom. The molecule has 31 heavy (non-hydrogen) atoms. The molecule has 2 amide bonds. The summed E-state index contributed by atoms with van der Waals surface area (Å²) < 4.78 is 38.3. The van der Waals surface area contributed by atoms with Crippen molar-refractivity contribution in [3.8, 4) is 0 Å². The summed E-state index contributed by atoms with van der Waals surface area (Å²) in [4.78, 5) is 31.2. The first-order chi connectivity index (χ1) is 14.6. The smallest absolute Gasteiger partial charge is 0.382 e. The second kappa shape index (κ2) is 9.20. The number of carbonyl (C=O) groups excluding carboxylic acids is 2. The summed E-state index contributed by atoms with van der Waals surface area (Å²) >= 11 is 0. The second-order valence-electron chi connectivity index (χ2n) is 7.32. The minimum absolute atomic E-state index is 0.0781. The molecule has 0 unspecified atom stereocenters. The van der Waals surface area contributed by atoms with Crippen LogP contribution in [-0.2, 0) is 27.1 Å². The van der Waals surface area contributed by atoms with E-state index in [2.05, 4.69) is 10.5 Å². The van der Waals surface area contributed by atoms with Gasteiger partial charge in [-0.3, -0.25) is 9.59 Å². The summed E-state index contributed by atoms with van der Waals surface area (Å²) in [6.45, 7) is 1.61. The molecule has 0 saturated heterocycles. The predicted molar refractivity (Wildman–Crippen MR) is 108 cm³/mol. The molecule has 0 radical (unpaired) electrons. The summed E-state index contributed by atoms with van der Waals surface area (Å²) in [6, 6.07) is 12.3. The van der Waals surface area contributed by atoms with Gasteiger partial charge in [0.25, 0.3) is 5.91 Å². The van der Waals surface area contributed by atoms with Crippen molar-refractivity contribution in [2.45, 2.75) is 32.2 Å². The normalized spacial score (nSPS) is 15.8. The van der Waals surface area contributed by atoms with Gasteiger partial charge in [0.1, 0.15) is 0 Å². The van der Waals surface area contributed by atoms with Crippen LogP contribution >= 0.6 is 0 Å². The van der Waals surface area contributed by atoms with E-state index in [1.54, 1.807) is 0 Å². The number of hydrogen-bond acceptors (Lipinski definition) is 4. The first-order valence-corrected chi connectivity index (χ1v) is 9.61. The minimum Gasteiger partial charge on any atom is -0.382 e. The molecule has 3 rings (SSSR count). The van der Waals surface area contributed by atoms with Gasteiger partial charge in [0.2, 0.25) is 12.0 Å². The van der Waals surface area contributed by atoms with E-state index in [1.807, 2.05) is 31.2 Å². The van der Waals surface area contributed by atoms with Crippen LogP contribution in [-0.4, -0.2) is 42.1 Å². The van der Waals surface area contributed by atoms with Gasteiger partial charge in [0, 0.05) is 25.6 Å². The summed E-state index contributed by atoms with van der Waals surface area (Å²) in [5, 5.41) is 6.54. The van der Waals surface area contributed by atoms with Gasteiger partial charge in [-0.15, -0.1) is 0 Å². The maximum Gasteiger partial charge on any atom is 0.416 e. The average Bonchev–Trinajstić information content (AvgIpc) is 3.21. The van der Waals surface area contributed by atoms with Crippen molar-refractivity contribution >= 4 is 17.5 Å². The van der Waals surface area contributed by atoms with Crippen molar-refractivity contribution in [2.75, 3.05) is 13.6 Å². The molecule has 6 nitrogen and oxygen atoms in total. The van der Waals surface area contributed by atoms with Gasteiger partial charge in [-0.25, -0.2) is 0 Å². The highest BCUT2D eigenvalue weighted by Crippen LogP contribution is 2.29. The number of alkyl halides is 3. The fourth-order valence-corrected chi connectivity index (χ4v) is 3.22. The van der Waals surface area contributed by atoms with Gasteiger partial charge in [-0.2, -0.15) is 13.2 Å². The quantitative estimate of drug-likeness (QED) is 0.760. The molecular weight excluding hydrogens is 411 g/mol. The summed E-state index contributed by atoms with van der Waals surface area (Å²) in [6.07, 6.45) is -4.98. The van der Waals surface area contributed by atoms with Crippen LogP contribution in [0.2, 0.25) is 0 Å². The first kappa shape index (κ1) is 22.3. The van der Waals surface area contributed by atoms with Gasteiger partial charge in [-0.05, 0) is 30.2 Å². The molecule has 1 aliphatic rings. The van der Waals surface area contributed by atoms with Gasteiger partial charge < -0.3 is 15.1 Å². The number of rotatable bonds is 6. The van der Waals surface area contributed by atoms with Crippen molar-refractivity contribution in [3.63, 3.8) is 0 Å². The summed E-state index contributed by atoms with van der Waals surface area (Å²) in [7, 11) is 1.46. The molecule has 2 aromatic carbocycles. The Morgan fingerprint density at radius 1 is 1.19 bits per heavy atom. The van der Waals surface area contributed by atoms with Crippen molar-refractivity contribution in [1.82, 2.24) is 10.2 Å². The maximum atomic E-state index is 12.8. The lowest BCUT2D eigenvalue weighted by Crippen LogP contribution is -2.42. The molecule has 1 atom stereocenters. The molecule has 0 aromatic heterocycles. The molecule has 164 valence electrons. The van der Waals surface area contributed by atoms with E-state index in [9.17, 15) is 22.8 Å². The van der Waals surface area contributed by atoms with E-state index in [4.69, 9.17) is 4.84 Å². The SMILES string of the molecule is Cc1ccccc1C1=NO[C@@H](C(=O)N(C)CC(=O)NCc2cccc(C(F)(F)F)c2)C1. The van der Waals surface area contributed by atoms with E-state index >= 15 is 0 Å². The number of likely N-dealkylation sites (N-methyl/N-ethyl adjacent to an activating group) is 1. The monoisotopic (exact) mass is 433 g/mol. The lowest BCUT2D eigenvalue weighted by atomic mass is 10.00. The first-order valence-electron chi connectivity index (χ1n) is 9.61. The van der Waals surface area contributed by atoms with Crippen LogP contribution < -0.4 is 5.32 Å². The molecule has 2 aromatic rings. The van der Waals surface area contributed by atoms with Crippen LogP contribution in [0, 0.1) is 6.92 Å². The van der Waals surface area contributed by atoms with Crippen LogP contribution in [0.25, 0.3) is 0 Å². The number of hydrogen-bond donors (Lipinski definition) is 1. The Labute approximate surface area is 177 Å². The number of nitrogens with zero attached hydrogens (tertiary/aromatic N) is 2. The van der Waals surface area contributed by atoms with Gasteiger partial charge in [-0.1, -0.05) is 41.6 Å². The number of nitrogens with one attached hydrogen (secondary N) is 1. The molecule has 9 heteroatoms. The maximum absolute atomic E-state index is 12.8. The Morgan fingerprint density at radius 3 is 2.65 bits per heavy atom. The lowest BCUT2D eigenvalue weighted by Gasteiger charge is -2.19. The molecule has 0 aliphatic carbocycles. The molecule has 1 aliphatic heterocycles. The highest BCUT2D eigenvalue weighted by Gasteiger charge is 2.32. The number of halogens is 3. The van der Waals surface area contributed by atoms with E-state index < -0.39 is 29.7 Å².